The van der Waals surface area contributed by atoms with Gasteiger partial charge in [0, 0.05) is 19.0 Å². The van der Waals surface area contributed by atoms with Crippen LogP contribution in [0.25, 0.3) is 0 Å². The Labute approximate surface area is 233 Å². The van der Waals surface area contributed by atoms with Crippen LogP contribution in [0.1, 0.15) is 88.1 Å². The second-order valence-electron chi connectivity index (χ2n) is 11.6. The molecule has 1 fully saturated rings. The molecule has 1 saturated carbocycles. The number of benzene rings is 2. The van der Waals surface area contributed by atoms with E-state index in [1.165, 1.54) is 0 Å². The Morgan fingerprint density at radius 2 is 1.72 bits per heavy atom. The van der Waals surface area contributed by atoms with Crippen LogP contribution < -0.4 is 10.6 Å². The molecule has 2 N–H and O–H groups in total. The van der Waals surface area contributed by atoms with Crippen LogP contribution in [0.5, 0.6) is 0 Å². The molecule has 212 valence electrons. The fraction of sp³-hybridized carbons (Fsp3) is 0.531. The van der Waals surface area contributed by atoms with Crippen molar-refractivity contribution in [3.05, 3.63) is 70.8 Å². The van der Waals surface area contributed by atoms with Crippen LogP contribution in [0.2, 0.25) is 0 Å². The lowest BCUT2D eigenvalue weighted by atomic mass is 9.87. The van der Waals surface area contributed by atoms with Gasteiger partial charge in [-0.1, -0.05) is 61.9 Å². The van der Waals surface area contributed by atoms with Crippen LogP contribution in [0.4, 0.5) is 4.79 Å². The topological polar surface area (TPSA) is 87.7 Å². The Bertz CT molecular complexity index is 1120. The van der Waals surface area contributed by atoms with E-state index >= 15 is 0 Å². The van der Waals surface area contributed by atoms with Crippen molar-refractivity contribution in [2.75, 3.05) is 6.54 Å². The van der Waals surface area contributed by atoms with Gasteiger partial charge in [-0.3, -0.25) is 9.59 Å². The summed E-state index contributed by atoms with van der Waals surface area (Å²) in [6.45, 7) is 12.0. The summed E-state index contributed by atoms with van der Waals surface area (Å²) in [5.41, 5.74) is 3.17. The highest BCUT2D eigenvalue weighted by atomic mass is 16.6. The first-order valence-corrected chi connectivity index (χ1v) is 14.2. The minimum atomic E-state index is -0.889. The zero-order chi connectivity index (χ0) is 28.6. The zero-order valence-electron chi connectivity index (χ0n) is 24.4. The molecule has 0 heterocycles. The minimum absolute atomic E-state index is 0.0836. The van der Waals surface area contributed by atoms with Crippen molar-refractivity contribution >= 4 is 17.9 Å². The number of carbonyl (C=O) groups is 3. The number of rotatable bonds is 11. The summed E-state index contributed by atoms with van der Waals surface area (Å²) in [4.78, 5) is 42.9. The molecule has 0 saturated heterocycles. The number of ether oxygens (including phenoxy) is 1. The van der Waals surface area contributed by atoms with E-state index in [1.54, 1.807) is 25.7 Å². The van der Waals surface area contributed by atoms with Gasteiger partial charge in [-0.25, -0.2) is 4.79 Å². The Morgan fingerprint density at radius 3 is 2.28 bits per heavy atom. The third-order valence-electron chi connectivity index (χ3n) is 7.20. The first-order chi connectivity index (χ1) is 18.5. The van der Waals surface area contributed by atoms with Crippen LogP contribution in [0, 0.1) is 13.8 Å². The molecular weight excluding hydrogens is 490 g/mol. The lowest BCUT2D eigenvalue weighted by molar-refractivity contribution is -0.147. The molecule has 2 atom stereocenters. The Hall–Kier alpha value is -3.35. The van der Waals surface area contributed by atoms with Gasteiger partial charge in [0.05, 0.1) is 0 Å². The highest BCUT2D eigenvalue weighted by Gasteiger charge is 2.42. The monoisotopic (exact) mass is 535 g/mol. The second-order valence-corrected chi connectivity index (χ2v) is 11.6. The van der Waals surface area contributed by atoms with Gasteiger partial charge in [-0.2, -0.15) is 0 Å². The normalized spacial score (nSPS) is 15.0. The first kappa shape index (κ1) is 30.2. The number of amides is 3. The molecule has 1 aliphatic rings. The van der Waals surface area contributed by atoms with Crippen molar-refractivity contribution < 1.29 is 19.1 Å². The lowest BCUT2D eigenvalue weighted by Crippen LogP contribution is -2.58. The maximum Gasteiger partial charge on any atom is 0.408 e. The number of unbranched alkanes of at least 4 members (excludes halogenated alkanes) is 1. The molecule has 0 aromatic heterocycles. The molecule has 0 spiro atoms. The maximum absolute atomic E-state index is 14.5. The molecule has 3 rings (SSSR count). The number of alkyl carbamates (subject to hydrolysis) is 1. The molecule has 1 aliphatic carbocycles. The summed E-state index contributed by atoms with van der Waals surface area (Å²) in [6, 6.07) is 13.8. The van der Waals surface area contributed by atoms with Crippen LogP contribution in [-0.4, -0.2) is 47.0 Å². The lowest BCUT2D eigenvalue weighted by Gasteiger charge is -2.43. The van der Waals surface area contributed by atoms with Gasteiger partial charge in [0.15, 0.2) is 0 Å². The summed E-state index contributed by atoms with van der Waals surface area (Å²) in [5, 5.41) is 5.91. The van der Waals surface area contributed by atoms with E-state index in [9.17, 15) is 14.4 Å². The van der Waals surface area contributed by atoms with Crippen LogP contribution >= 0.6 is 0 Å². The molecule has 0 bridgehead atoms. The molecule has 2 unspecified atom stereocenters. The highest BCUT2D eigenvalue weighted by Crippen LogP contribution is 2.34. The largest absolute Gasteiger partial charge is 0.444 e. The van der Waals surface area contributed by atoms with Gasteiger partial charge >= 0.3 is 6.09 Å². The molecule has 39 heavy (non-hydrogen) atoms. The van der Waals surface area contributed by atoms with Crippen molar-refractivity contribution in [3.63, 3.8) is 0 Å². The molecular formula is C32H45N3O4. The van der Waals surface area contributed by atoms with E-state index in [0.717, 1.165) is 54.4 Å². The molecule has 2 aromatic rings. The van der Waals surface area contributed by atoms with E-state index in [4.69, 9.17) is 4.74 Å². The fourth-order valence-corrected chi connectivity index (χ4v) is 4.72. The number of carbonyl (C=O) groups excluding carboxylic acids is 3. The van der Waals surface area contributed by atoms with Crippen molar-refractivity contribution in [2.24, 2.45) is 0 Å². The van der Waals surface area contributed by atoms with Crippen molar-refractivity contribution in [1.29, 1.82) is 0 Å². The van der Waals surface area contributed by atoms with E-state index in [-0.39, 0.29) is 17.9 Å². The summed E-state index contributed by atoms with van der Waals surface area (Å²) in [6.07, 6.45) is 4.09. The zero-order valence-corrected chi connectivity index (χ0v) is 24.4. The molecule has 0 radical (unpaired) electrons. The summed E-state index contributed by atoms with van der Waals surface area (Å²) >= 11 is 0. The standard InChI is InChI=1S/C32H45N3O4/c1-7-8-19-33-29(36)28(25-18-17-22(2)23(3)20-25)35(26-15-12-16-26)30(37)27(21-24-13-10-9-11-14-24)34-31(38)39-32(4,5)6/h9-11,13-14,17-18,20,26-28H,7-8,12,15-16,19,21H2,1-6H3,(H,33,36)(H,34,38). The highest BCUT2D eigenvalue weighted by molar-refractivity contribution is 5.92. The van der Waals surface area contributed by atoms with Gasteiger partial charge in [0.25, 0.3) is 0 Å². The minimum Gasteiger partial charge on any atom is -0.444 e. The van der Waals surface area contributed by atoms with Crippen molar-refractivity contribution in [1.82, 2.24) is 15.5 Å². The van der Waals surface area contributed by atoms with E-state index < -0.39 is 23.8 Å². The third kappa shape index (κ3) is 8.57. The molecule has 2 aromatic carbocycles. The Balaban J connectivity index is 2.02. The van der Waals surface area contributed by atoms with E-state index in [2.05, 4.69) is 17.6 Å². The SMILES string of the molecule is CCCCNC(=O)C(c1ccc(C)c(C)c1)N(C(=O)C(Cc1ccccc1)NC(=O)OC(C)(C)C)C1CCC1. The van der Waals surface area contributed by atoms with Gasteiger partial charge in [0.1, 0.15) is 17.7 Å². The predicted octanol–water partition coefficient (Wildman–Crippen LogP) is 5.78. The van der Waals surface area contributed by atoms with E-state index in [0.29, 0.717) is 13.0 Å². The van der Waals surface area contributed by atoms with E-state index in [1.807, 2.05) is 62.4 Å². The second kappa shape index (κ2) is 13.6. The van der Waals surface area contributed by atoms with Gasteiger partial charge in [0.2, 0.25) is 11.8 Å². The molecule has 7 nitrogen and oxygen atoms in total. The Kier molecular flexibility index (Phi) is 10.6. The molecule has 0 aliphatic heterocycles. The van der Waals surface area contributed by atoms with Gasteiger partial charge in [-0.05, 0) is 82.6 Å². The number of hydrogen-bond acceptors (Lipinski definition) is 4. The Morgan fingerprint density at radius 1 is 1.03 bits per heavy atom. The van der Waals surface area contributed by atoms with Gasteiger partial charge < -0.3 is 20.3 Å². The average molecular weight is 536 g/mol. The first-order valence-electron chi connectivity index (χ1n) is 14.2. The smallest absolute Gasteiger partial charge is 0.408 e. The van der Waals surface area contributed by atoms with Crippen molar-refractivity contribution in [2.45, 2.75) is 104 Å². The average Bonchev–Trinajstić information content (AvgIpc) is 2.83. The number of aryl methyl sites for hydroxylation is 2. The van der Waals surface area contributed by atoms with Crippen molar-refractivity contribution in [3.8, 4) is 0 Å². The van der Waals surface area contributed by atoms with Crippen LogP contribution in [0.3, 0.4) is 0 Å². The van der Waals surface area contributed by atoms with Crippen LogP contribution in [0.15, 0.2) is 48.5 Å². The number of hydrogen-bond donors (Lipinski definition) is 2. The predicted molar refractivity (Wildman–Crippen MR) is 154 cm³/mol. The summed E-state index contributed by atoms with van der Waals surface area (Å²) in [7, 11) is 0. The van der Waals surface area contributed by atoms with Gasteiger partial charge in [-0.15, -0.1) is 0 Å². The molecule has 3 amide bonds. The summed E-state index contributed by atoms with van der Waals surface area (Å²) in [5.74, 6) is -0.467. The number of nitrogens with one attached hydrogen (secondary N) is 2. The molecule has 7 heteroatoms. The quantitative estimate of drug-likeness (QED) is 0.357. The number of nitrogens with zero attached hydrogens (tertiary/aromatic N) is 1. The third-order valence-corrected chi connectivity index (χ3v) is 7.20. The maximum atomic E-state index is 14.5. The fourth-order valence-electron chi connectivity index (χ4n) is 4.72. The van der Waals surface area contributed by atoms with Crippen LogP contribution in [-0.2, 0) is 20.7 Å². The summed E-state index contributed by atoms with van der Waals surface area (Å²) < 4.78 is 5.52.